The molecule has 4 nitrogen and oxygen atoms in total. The molecule has 0 radical (unpaired) electrons. The van der Waals surface area contributed by atoms with Gasteiger partial charge in [0.2, 0.25) is 0 Å². The van der Waals surface area contributed by atoms with Crippen LogP contribution in [0.4, 0.5) is 0 Å². The Kier molecular flexibility index (Phi) is 4.40. The number of hydrogen-bond acceptors (Lipinski definition) is 4. The van der Waals surface area contributed by atoms with Crippen molar-refractivity contribution < 1.29 is 19.4 Å². The van der Waals surface area contributed by atoms with E-state index in [1.165, 1.54) is 5.57 Å². The third-order valence-corrected chi connectivity index (χ3v) is 8.98. The van der Waals surface area contributed by atoms with Crippen LogP contribution in [-0.4, -0.2) is 36.0 Å². The van der Waals surface area contributed by atoms with E-state index in [9.17, 15) is 9.90 Å². The number of carbonyl (C=O) groups excluding carboxylic acids is 1. The standard InChI is InChI=1S/C24H36O4/c1-4-23-9-7-17-16-8-10-24(27-13-22(2,3)14-28-24)12-15(16)5-6-18(17)21(23)19(25)11-20(23)26/h5,16-19,21,25H,4,6-14H2,1-3H3/t16-,17+,18+,19-,21+,23+/m0/s1. The van der Waals surface area contributed by atoms with Gasteiger partial charge in [0, 0.05) is 36.0 Å². The molecule has 5 rings (SSSR count). The Morgan fingerprint density at radius 3 is 2.61 bits per heavy atom. The molecule has 5 aliphatic rings. The van der Waals surface area contributed by atoms with Gasteiger partial charge in [0.05, 0.1) is 19.3 Å². The van der Waals surface area contributed by atoms with E-state index in [-0.39, 0.29) is 16.7 Å². The second-order valence-electron chi connectivity index (χ2n) is 11.1. The van der Waals surface area contributed by atoms with E-state index in [0.717, 1.165) is 58.2 Å². The number of fused-ring (bicyclic) bond motifs is 5. The van der Waals surface area contributed by atoms with E-state index in [2.05, 4.69) is 26.8 Å². The normalized spacial score (nSPS) is 46.5. The summed E-state index contributed by atoms with van der Waals surface area (Å²) in [4.78, 5) is 12.8. The molecular weight excluding hydrogens is 352 g/mol. The maximum Gasteiger partial charge on any atom is 0.172 e. The Labute approximate surface area is 169 Å². The average molecular weight is 389 g/mol. The maximum atomic E-state index is 12.8. The molecule has 4 heteroatoms. The van der Waals surface area contributed by atoms with Crippen LogP contribution in [0.3, 0.4) is 0 Å². The smallest absolute Gasteiger partial charge is 0.172 e. The SMILES string of the molecule is CC[C@]12CC[C@H]3[C@@H](CC=C4CC5(CC[C@@H]43)OCC(C)(C)CO5)[C@@H]1[C@@H](O)CC2=O. The third kappa shape index (κ3) is 2.70. The first-order valence-corrected chi connectivity index (χ1v) is 11.5. The van der Waals surface area contributed by atoms with E-state index in [4.69, 9.17) is 9.47 Å². The summed E-state index contributed by atoms with van der Waals surface area (Å²) in [5.41, 5.74) is 1.38. The largest absolute Gasteiger partial charge is 0.392 e. The molecule has 6 atom stereocenters. The van der Waals surface area contributed by atoms with Gasteiger partial charge in [0.15, 0.2) is 5.79 Å². The van der Waals surface area contributed by atoms with Crippen LogP contribution in [0.1, 0.15) is 72.1 Å². The number of hydrogen-bond donors (Lipinski definition) is 1. The number of aliphatic hydroxyl groups excluding tert-OH is 1. The predicted octanol–water partition coefficient (Wildman–Crippen LogP) is 4.26. The van der Waals surface area contributed by atoms with Crippen LogP contribution in [0, 0.1) is 34.5 Å². The molecule has 1 N–H and O–H groups in total. The highest BCUT2D eigenvalue weighted by molar-refractivity contribution is 5.88. The first kappa shape index (κ1) is 19.3. The minimum Gasteiger partial charge on any atom is -0.392 e. The van der Waals surface area contributed by atoms with E-state index >= 15 is 0 Å². The monoisotopic (exact) mass is 388 g/mol. The molecule has 3 saturated carbocycles. The number of rotatable bonds is 1. The van der Waals surface area contributed by atoms with Gasteiger partial charge in [-0.25, -0.2) is 0 Å². The highest BCUT2D eigenvalue weighted by atomic mass is 16.7. The van der Waals surface area contributed by atoms with Crippen molar-refractivity contribution in [2.24, 2.45) is 34.5 Å². The second-order valence-corrected chi connectivity index (χ2v) is 11.1. The number of aliphatic hydroxyl groups is 1. The van der Waals surface area contributed by atoms with Crippen LogP contribution in [0.2, 0.25) is 0 Å². The lowest BCUT2D eigenvalue weighted by atomic mass is 9.51. The zero-order valence-corrected chi connectivity index (χ0v) is 17.7. The van der Waals surface area contributed by atoms with Gasteiger partial charge in [0.25, 0.3) is 0 Å². The van der Waals surface area contributed by atoms with E-state index in [1.807, 2.05) is 0 Å². The fourth-order valence-electron chi connectivity index (χ4n) is 7.49. The van der Waals surface area contributed by atoms with E-state index in [0.29, 0.717) is 30.0 Å². The summed E-state index contributed by atoms with van der Waals surface area (Å²) in [5.74, 6) is 1.75. The van der Waals surface area contributed by atoms with Crippen molar-refractivity contribution in [1.29, 1.82) is 0 Å². The summed E-state index contributed by atoms with van der Waals surface area (Å²) < 4.78 is 12.6. The second kappa shape index (κ2) is 6.39. The third-order valence-electron chi connectivity index (χ3n) is 8.98. The van der Waals surface area contributed by atoms with Crippen LogP contribution in [-0.2, 0) is 14.3 Å². The van der Waals surface area contributed by atoms with Crippen molar-refractivity contribution in [3.05, 3.63) is 11.6 Å². The quantitative estimate of drug-likeness (QED) is 0.682. The van der Waals surface area contributed by atoms with Crippen molar-refractivity contribution in [3.63, 3.8) is 0 Å². The Balaban J connectivity index is 1.38. The topological polar surface area (TPSA) is 55.8 Å². The number of ether oxygens (including phenoxy) is 2. The molecule has 1 spiro atoms. The minimum atomic E-state index is -0.433. The number of ketones is 1. The van der Waals surface area contributed by atoms with Crippen LogP contribution in [0.5, 0.6) is 0 Å². The number of allylic oxidation sites excluding steroid dienone is 1. The molecule has 156 valence electrons. The summed E-state index contributed by atoms with van der Waals surface area (Å²) in [6.07, 6.45) is 9.37. The van der Waals surface area contributed by atoms with Gasteiger partial charge in [-0.05, 0) is 49.9 Å². The van der Waals surface area contributed by atoms with Gasteiger partial charge in [-0.3, -0.25) is 4.79 Å². The van der Waals surface area contributed by atoms with E-state index < -0.39 is 11.9 Å². The summed E-state index contributed by atoms with van der Waals surface area (Å²) in [7, 11) is 0. The summed E-state index contributed by atoms with van der Waals surface area (Å²) >= 11 is 0. The Morgan fingerprint density at radius 2 is 1.89 bits per heavy atom. The molecule has 1 aliphatic heterocycles. The van der Waals surface area contributed by atoms with Crippen molar-refractivity contribution >= 4 is 5.78 Å². The first-order chi connectivity index (χ1) is 13.3. The molecule has 28 heavy (non-hydrogen) atoms. The molecule has 0 bridgehead atoms. The molecule has 0 aromatic heterocycles. The lowest BCUT2D eigenvalue weighted by Crippen LogP contribution is -2.53. The molecular formula is C24H36O4. The van der Waals surface area contributed by atoms with Crippen molar-refractivity contribution in [1.82, 2.24) is 0 Å². The fraction of sp³-hybridized carbons (Fsp3) is 0.875. The van der Waals surface area contributed by atoms with Crippen LogP contribution in [0.15, 0.2) is 11.6 Å². The highest BCUT2D eigenvalue weighted by Crippen LogP contribution is 2.62. The molecule has 0 amide bonds. The van der Waals surface area contributed by atoms with Crippen molar-refractivity contribution in [2.45, 2.75) is 84.0 Å². The summed E-state index contributed by atoms with van der Waals surface area (Å²) in [5, 5.41) is 10.8. The molecule has 0 aromatic carbocycles. The van der Waals surface area contributed by atoms with Crippen LogP contribution >= 0.6 is 0 Å². The number of Topliss-reactive ketones (excluding diaryl/α,β-unsaturated/α-hetero) is 1. The summed E-state index contributed by atoms with van der Waals surface area (Å²) in [6, 6.07) is 0. The predicted molar refractivity (Wildman–Crippen MR) is 107 cm³/mol. The molecule has 1 saturated heterocycles. The van der Waals surface area contributed by atoms with Crippen LogP contribution < -0.4 is 0 Å². The molecule has 0 unspecified atom stereocenters. The van der Waals surface area contributed by atoms with Gasteiger partial charge in [-0.2, -0.15) is 0 Å². The van der Waals surface area contributed by atoms with Gasteiger partial charge in [0.1, 0.15) is 5.78 Å². The molecule has 1 heterocycles. The maximum absolute atomic E-state index is 12.8. The van der Waals surface area contributed by atoms with E-state index in [1.54, 1.807) is 0 Å². The summed E-state index contributed by atoms with van der Waals surface area (Å²) in [6.45, 7) is 8.09. The van der Waals surface area contributed by atoms with Gasteiger partial charge >= 0.3 is 0 Å². The fourth-order valence-corrected chi connectivity index (χ4v) is 7.49. The number of carbonyl (C=O) groups is 1. The molecule has 4 fully saturated rings. The lowest BCUT2D eigenvalue weighted by molar-refractivity contribution is -0.307. The lowest BCUT2D eigenvalue weighted by Gasteiger charge is -2.55. The van der Waals surface area contributed by atoms with Gasteiger partial charge in [-0.15, -0.1) is 0 Å². The zero-order chi connectivity index (χ0) is 19.7. The first-order valence-electron chi connectivity index (χ1n) is 11.5. The Bertz CT molecular complexity index is 685. The molecule has 0 aromatic rings. The average Bonchev–Trinajstić information content (AvgIpc) is 2.95. The van der Waals surface area contributed by atoms with Crippen molar-refractivity contribution in [3.8, 4) is 0 Å². The Hall–Kier alpha value is -0.710. The Morgan fingerprint density at radius 1 is 1.14 bits per heavy atom. The van der Waals surface area contributed by atoms with Gasteiger partial charge in [-0.1, -0.05) is 32.4 Å². The van der Waals surface area contributed by atoms with Crippen molar-refractivity contribution in [2.75, 3.05) is 13.2 Å². The van der Waals surface area contributed by atoms with Gasteiger partial charge < -0.3 is 14.6 Å². The highest BCUT2D eigenvalue weighted by Gasteiger charge is 2.61. The molecule has 4 aliphatic carbocycles. The minimum absolute atomic E-state index is 0.103. The van der Waals surface area contributed by atoms with Crippen LogP contribution in [0.25, 0.3) is 0 Å². The zero-order valence-electron chi connectivity index (χ0n) is 17.7.